The molecule has 7 heavy (non-hydrogen) atoms. The lowest BCUT2D eigenvalue weighted by Crippen LogP contribution is -3.05. The monoisotopic (exact) mass is 102 g/mol. The Morgan fingerprint density at radius 3 is 2.57 bits per heavy atom. The Kier molecular flexibility index (Phi) is 1.27. The van der Waals surface area contributed by atoms with Crippen LogP contribution >= 0.6 is 0 Å². The van der Waals surface area contributed by atoms with E-state index in [2.05, 4.69) is 0 Å². The molecular formula is C4H10N2O. The van der Waals surface area contributed by atoms with Crippen LogP contribution in [0.5, 0.6) is 0 Å². The number of hydroxylamine groups is 2. The Labute approximate surface area is 42.7 Å². The van der Waals surface area contributed by atoms with Gasteiger partial charge in [-0.05, 0) is 0 Å². The van der Waals surface area contributed by atoms with Gasteiger partial charge in [-0.15, -0.1) is 0 Å². The van der Waals surface area contributed by atoms with Gasteiger partial charge in [-0.25, -0.2) is 0 Å². The van der Waals surface area contributed by atoms with Crippen LogP contribution < -0.4 is 10.8 Å². The molecular weight excluding hydrogens is 92.1 g/mol. The molecule has 0 aromatic heterocycles. The summed E-state index contributed by atoms with van der Waals surface area (Å²) in [6.07, 6.45) is 0.902. The molecule has 3 heteroatoms. The van der Waals surface area contributed by atoms with Crippen LogP contribution in [0, 0.1) is 5.21 Å². The van der Waals surface area contributed by atoms with Crippen molar-refractivity contribution >= 4 is 0 Å². The van der Waals surface area contributed by atoms with Gasteiger partial charge in [0.05, 0.1) is 19.1 Å². The molecule has 1 fully saturated rings. The number of quaternary nitrogens is 1. The van der Waals surface area contributed by atoms with Crippen LogP contribution in [0.1, 0.15) is 6.42 Å². The molecule has 0 aliphatic carbocycles. The quantitative estimate of drug-likeness (QED) is 0.351. The summed E-state index contributed by atoms with van der Waals surface area (Å²) in [5, 5.41) is 10.7. The zero-order valence-corrected chi connectivity index (χ0v) is 4.18. The van der Waals surface area contributed by atoms with Gasteiger partial charge < -0.3 is 16.0 Å². The van der Waals surface area contributed by atoms with E-state index in [0.29, 0.717) is 18.2 Å². The first-order valence-electron chi connectivity index (χ1n) is 2.56. The molecule has 2 atom stereocenters. The van der Waals surface area contributed by atoms with Gasteiger partial charge in [-0.1, -0.05) is 0 Å². The van der Waals surface area contributed by atoms with Gasteiger partial charge in [-0.2, -0.15) is 0 Å². The molecule has 1 aliphatic rings. The smallest absolute Gasteiger partial charge is 0.0924 e. The standard InChI is InChI=1S/C4H10N2O/c5-4-1-2-6(7)3-4/h4,6H,1-3,5H2. The first-order chi connectivity index (χ1) is 3.29. The molecule has 0 bridgehead atoms. The highest BCUT2D eigenvalue weighted by molar-refractivity contribution is 4.62. The van der Waals surface area contributed by atoms with E-state index in [0.717, 1.165) is 6.42 Å². The molecule has 0 amide bonds. The second-order valence-electron chi connectivity index (χ2n) is 2.04. The molecule has 0 aromatic rings. The van der Waals surface area contributed by atoms with Crippen molar-refractivity contribution in [3.8, 4) is 0 Å². The maximum Gasteiger partial charge on any atom is 0.0924 e. The highest BCUT2D eigenvalue weighted by Crippen LogP contribution is 1.85. The van der Waals surface area contributed by atoms with Crippen molar-refractivity contribution in [1.29, 1.82) is 0 Å². The van der Waals surface area contributed by atoms with Crippen LogP contribution in [0.4, 0.5) is 0 Å². The van der Waals surface area contributed by atoms with Gasteiger partial charge in [0.15, 0.2) is 0 Å². The van der Waals surface area contributed by atoms with Gasteiger partial charge in [0.2, 0.25) is 0 Å². The van der Waals surface area contributed by atoms with Crippen molar-refractivity contribution in [1.82, 2.24) is 0 Å². The number of nitrogens with one attached hydrogen (secondary N) is 1. The Morgan fingerprint density at radius 2 is 2.43 bits per heavy atom. The second kappa shape index (κ2) is 1.78. The predicted molar refractivity (Wildman–Crippen MR) is 26.7 cm³/mol. The fraction of sp³-hybridized carbons (Fsp3) is 1.00. The maximum absolute atomic E-state index is 10.4. The van der Waals surface area contributed by atoms with Crippen molar-refractivity contribution in [2.45, 2.75) is 12.5 Å². The first kappa shape index (κ1) is 5.03. The Balaban J connectivity index is 2.26. The van der Waals surface area contributed by atoms with Crippen LogP contribution in [0.2, 0.25) is 0 Å². The second-order valence-corrected chi connectivity index (χ2v) is 2.04. The Bertz CT molecular complexity index is 58.7. The van der Waals surface area contributed by atoms with E-state index < -0.39 is 0 Å². The topological polar surface area (TPSA) is 53.5 Å². The van der Waals surface area contributed by atoms with Crippen LogP contribution in [-0.2, 0) is 0 Å². The van der Waals surface area contributed by atoms with E-state index in [4.69, 9.17) is 5.73 Å². The van der Waals surface area contributed by atoms with Crippen molar-refractivity contribution in [2.75, 3.05) is 13.1 Å². The Morgan fingerprint density at radius 1 is 1.71 bits per heavy atom. The van der Waals surface area contributed by atoms with Gasteiger partial charge in [-0.3, -0.25) is 0 Å². The lowest BCUT2D eigenvalue weighted by Gasteiger charge is -2.12. The minimum Gasteiger partial charge on any atom is -0.634 e. The number of hydrogen-bond donors (Lipinski definition) is 2. The molecule has 3 nitrogen and oxygen atoms in total. The zero-order chi connectivity index (χ0) is 5.28. The van der Waals surface area contributed by atoms with Crippen LogP contribution in [0.25, 0.3) is 0 Å². The summed E-state index contributed by atoms with van der Waals surface area (Å²) in [4.78, 5) is 0. The largest absolute Gasteiger partial charge is 0.634 e. The first-order valence-corrected chi connectivity index (χ1v) is 2.56. The molecule has 1 heterocycles. The molecule has 1 aliphatic heterocycles. The number of hydrogen-bond acceptors (Lipinski definition) is 2. The van der Waals surface area contributed by atoms with Gasteiger partial charge >= 0.3 is 0 Å². The van der Waals surface area contributed by atoms with E-state index in [9.17, 15) is 5.21 Å². The molecule has 0 spiro atoms. The minimum atomic E-state index is 0.174. The number of nitrogens with two attached hydrogens (primary N) is 1. The zero-order valence-electron chi connectivity index (χ0n) is 4.18. The van der Waals surface area contributed by atoms with Crippen molar-refractivity contribution in [2.24, 2.45) is 5.73 Å². The van der Waals surface area contributed by atoms with Crippen molar-refractivity contribution in [3.05, 3.63) is 5.21 Å². The summed E-state index contributed by atoms with van der Waals surface area (Å²) in [6, 6.07) is 0.174. The molecule has 0 saturated carbocycles. The van der Waals surface area contributed by atoms with Gasteiger partial charge in [0.1, 0.15) is 0 Å². The molecule has 0 radical (unpaired) electrons. The summed E-state index contributed by atoms with van der Waals surface area (Å²) in [6.45, 7) is 1.32. The summed E-state index contributed by atoms with van der Waals surface area (Å²) in [7, 11) is 0. The average Bonchev–Trinajstić information content (AvgIpc) is 1.87. The minimum absolute atomic E-state index is 0.174. The van der Waals surface area contributed by atoms with Crippen LogP contribution in [-0.4, -0.2) is 19.1 Å². The molecule has 42 valence electrons. The van der Waals surface area contributed by atoms with Crippen molar-refractivity contribution < 1.29 is 5.06 Å². The molecule has 2 unspecified atom stereocenters. The molecule has 3 N–H and O–H groups in total. The third kappa shape index (κ3) is 1.12. The van der Waals surface area contributed by atoms with Gasteiger partial charge in [0.25, 0.3) is 0 Å². The Hall–Kier alpha value is -0.120. The van der Waals surface area contributed by atoms with E-state index in [1.54, 1.807) is 0 Å². The predicted octanol–water partition coefficient (Wildman–Crippen LogP) is -1.90. The van der Waals surface area contributed by atoms with E-state index in [1.165, 1.54) is 0 Å². The van der Waals surface area contributed by atoms with E-state index in [-0.39, 0.29) is 6.04 Å². The maximum atomic E-state index is 10.4. The van der Waals surface area contributed by atoms with Crippen LogP contribution in [0.3, 0.4) is 0 Å². The SMILES string of the molecule is NC1CC[NH+]([O-])C1. The van der Waals surface area contributed by atoms with Crippen LogP contribution in [0.15, 0.2) is 0 Å². The highest BCUT2D eigenvalue weighted by atomic mass is 16.5. The van der Waals surface area contributed by atoms with E-state index >= 15 is 0 Å². The van der Waals surface area contributed by atoms with E-state index in [1.807, 2.05) is 0 Å². The molecule has 0 aromatic carbocycles. The average molecular weight is 102 g/mol. The lowest BCUT2D eigenvalue weighted by atomic mass is 10.3. The normalized spacial score (nSPS) is 42.0. The fourth-order valence-corrected chi connectivity index (χ4v) is 0.843. The third-order valence-corrected chi connectivity index (χ3v) is 1.28. The molecule has 1 rings (SSSR count). The third-order valence-electron chi connectivity index (χ3n) is 1.28. The molecule has 1 saturated heterocycles. The number of rotatable bonds is 0. The highest BCUT2D eigenvalue weighted by Gasteiger charge is 2.15. The summed E-state index contributed by atoms with van der Waals surface area (Å²) in [5.41, 5.74) is 5.40. The van der Waals surface area contributed by atoms with Crippen molar-refractivity contribution in [3.63, 3.8) is 0 Å². The summed E-state index contributed by atoms with van der Waals surface area (Å²) < 4.78 is 0. The lowest BCUT2D eigenvalue weighted by molar-refractivity contribution is -0.834. The fourth-order valence-electron chi connectivity index (χ4n) is 0.843. The van der Waals surface area contributed by atoms with Gasteiger partial charge in [0, 0.05) is 6.42 Å². The summed E-state index contributed by atoms with van der Waals surface area (Å²) >= 11 is 0. The summed E-state index contributed by atoms with van der Waals surface area (Å²) in [5.74, 6) is 0.